The van der Waals surface area contributed by atoms with Crippen molar-refractivity contribution in [1.29, 1.82) is 0 Å². The van der Waals surface area contributed by atoms with E-state index in [1.54, 1.807) is 11.1 Å². The first-order chi connectivity index (χ1) is 9.25. The summed E-state index contributed by atoms with van der Waals surface area (Å²) in [5.74, 6) is -0.0375. The molecule has 0 radical (unpaired) electrons. The monoisotopic (exact) mass is 264 g/mol. The zero-order valence-electron chi connectivity index (χ0n) is 11.4. The molecule has 2 N–H and O–H groups in total. The number of morpholine rings is 1. The highest BCUT2D eigenvalue weighted by molar-refractivity contribution is 5.93. The summed E-state index contributed by atoms with van der Waals surface area (Å²) in [5, 5.41) is 2.93. The Kier molecular flexibility index (Phi) is 5.30. The molecule has 1 aliphatic rings. The molecule has 1 aromatic rings. The lowest BCUT2D eigenvalue weighted by molar-refractivity contribution is -0.908. The number of hydrogen-bond acceptors (Lipinski definition) is 3. The molecule has 1 fully saturated rings. The van der Waals surface area contributed by atoms with Crippen LogP contribution in [0.25, 0.3) is 0 Å². The van der Waals surface area contributed by atoms with E-state index >= 15 is 0 Å². The van der Waals surface area contributed by atoms with Gasteiger partial charge in [0.1, 0.15) is 13.1 Å². The topological polar surface area (TPSA) is 55.7 Å². The van der Waals surface area contributed by atoms with Gasteiger partial charge < -0.3 is 15.0 Å². The number of rotatable bonds is 5. The number of carbonyl (C=O) groups excluding carboxylic acids is 1. The summed E-state index contributed by atoms with van der Waals surface area (Å²) in [7, 11) is 0. The molecule has 1 aromatic heterocycles. The molecule has 19 heavy (non-hydrogen) atoms. The third-order valence-electron chi connectivity index (χ3n) is 3.37. The van der Waals surface area contributed by atoms with Crippen LogP contribution < -0.4 is 10.2 Å². The molecule has 0 saturated carbocycles. The molecular formula is C14H22N3O2+. The summed E-state index contributed by atoms with van der Waals surface area (Å²) in [6.45, 7) is 7.60. The van der Waals surface area contributed by atoms with Crippen molar-refractivity contribution in [2.24, 2.45) is 0 Å². The van der Waals surface area contributed by atoms with Crippen LogP contribution >= 0.6 is 0 Å². The van der Waals surface area contributed by atoms with Crippen LogP contribution in [-0.2, 0) is 4.74 Å². The maximum Gasteiger partial charge on any atom is 0.252 e. The molecule has 0 atom stereocenters. The van der Waals surface area contributed by atoms with Crippen molar-refractivity contribution in [1.82, 2.24) is 10.3 Å². The molecule has 2 rings (SSSR count). The largest absolute Gasteiger partial charge is 0.370 e. The Morgan fingerprint density at radius 3 is 2.89 bits per heavy atom. The number of hydrogen-bond donors (Lipinski definition) is 2. The first kappa shape index (κ1) is 14.0. The number of nitrogens with zero attached hydrogens (tertiary/aromatic N) is 1. The van der Waals surface area contributed by atoms with Gasteiger partial charge in [-0.25, -0.2) is 0 Å². The molecule has 0 unspecified atom stereocenters. The van der Waals surface area contributed by atoms with Crippen LogP contribution in [0.3, 0.4) is 0 Å². The Morgan fingerprint density at radius 2 is 2.21 bits per heavy atom. The highest BCUT2D eigenvalue weighted by Crippen LogP contribution is 1.98. The van der Waals surface area contributed by atoms with E-state index in [2.05, 4.69) is 10.3 Å². The summed E-state index contributed by atoms with van der Waals surface area (Å²) >= 11 is 0. The number of aromatic nitrogens is 1. The van der Waals surface area contributed by atoms with Gasteiger partial charge in [-0.1, -0.05) is 0 Å². The number of ether oxygens (including phenoxy) is 1. The van der Waals surface area contributed by atoms with Crippen LogP contribution in [0.15, 0.2) is 18.3 Å². The second-order valence-electron chi connectivity index (χ2n) is 4.91. The van der Waals surface area contributed by atoms with E-state index in [-0.39, 0.29) is 5.91 Å². The summed E-state index contributed by atoms with van der Waals surface area (Å²) in [6.07, 6.45) is 2.62. The van der Waals surface area contributed by atoms with Crippen LogP contribution in [0.1, 0.15) is 22.5 Å². The zero-order chi connectivity index (χ0) is 13.5. The van der Waals surface area contributed by atoms with E-state index < -0.39 is 0 Å². The Labute approximate surface area is 114 Å². The quantitative estimate of drug-likeness (QED) is 0.700. The minimum atomic E-state index is -0.0375. The molecule has 1 aliphatic heterocycles. The average molecular weight is 264 g/mol. The van der Waals surface area contributed by atoms with Gasteiger partial charge in [0.05, 0.1) is 25.3 Å². The predicted octanol–water partition coefficient (Wildman–Crippen LogP) is -0.575. The van der Waals surface area contributed by atoms with Gasteiger partial charge in [0.2, 0.25) is 0 Å². The molecule has 1 amide bonds. The molecule has 0 spiro atoms. The molecular weight excluding hydrogens is 242 g/mol. The van der Waals surface area contributed by atoms with Gasteiger partial charge in [-0.15, -0.1) is 0 Å². The molecule has 2 heterocycles. The number of pyridine rings is 1. The van der Waals surface area contributed by atoms with Crippen molar-refractivity contribution in [2.75, 3.05) is 39.4 Å². The lowest BCUT2D eigenvalue weighted by Crippen LogP contribution is -3.14. The van der Waals surface area contributed by atoms with Crippen LogP contribution in [0.5, 0.6) is 0 Å². The first-order valence-corrected chi connectivity index (χ1v) is 6.88. The molecule has 0 aliphatic carbocycles. The van der Waals surface area contributed by atoms with Crippen LogP contribution in [-0.4, -0.2) is 50.3 Å². The lowest BCUT2D eigenvalue weighted by Gasteiger charge is -2.23. The van der Waals surface area contributed by atoms with Gasteiger partial charge in [0, 0.05) is 24.9 Å². The van der Waals surface area contributed by atoms with Crippen LogP contribution in [0, 0.1) is 6.92 Å². The standard InChI is InChI=1S/C14H21N3O2/c1-12-3-4-13(11-16-12)14(18)15-5-2-6-17-7-9-19-10-8-17/h3-4,11H,2,5-10H2,1H3,(H,15,18)/p+1. The fraction of sp³-hybridized carbons (Fsp3) is 0.571. The normalized spacial score (nSPS) is 16.3. The number of nitrogens with one attached hydrogen (secondary N) is 2. The minimum absolute atomic E-state index is 0.0375. The molecule has 0 aromatic carbocycles. The molecule has 0 bridgehead atoms. The summed E-state index contributed by atoms with van der Waals surface area (Å²) < 4.78 is 5.31. The molecule has 5 heteroatoms. The van der Waals surface area contributed by atoms with Crippen molar-refractivity contribution >= 4 is 5.91 Å². The molecule has 5 nitrogen and oxygen atoms in total. The van der Waals surface area contributed by atoms with Crippen molar-refractivity contribution < 1.29 is 14.4 Å². The predicted molar refractivity (Wildman–Crippen MR) is 72.3 cm³/mol. The van der Waals surface area contributed by atoms with E-state index in [1.165, 1.54) is 0 Å². The zero-order valence-corrected chi connectivity index (χ0v) is 11.4. The van der Waals surface area contributed by atoms with Crippen LogP contribution in [0.2, 0.25) is 0 Å². The number of quaternary nitrogens is 1. The van der Waals surface area contributed by atoms with Crippen molar-refractivity contribution in [3.63, 3.8) is 0 Å². The Morgan fingerprint density at radius 1 is 1.42 bits per heavy atom. The third-order valence-corrected chi connectivity index (χ3v) is 3.37. The SMILES string of the molecule is Cc1ccc(C(=O)NCCC[NH+]2CCOCC2)cn1. The van der Waals surface area contributed by atoms with E-state index in [9.17, 15) is 4.79 Å². The van der Waals surface area contributed by atoms with E-state index in [4.69, 9.17) is 4.74 Å². The minimum Gasteiger partial charge on any atom is -0.370 e. The number of amides is 1. The highest BCUT2D eigenvalue weighted by atomic mass is 16.5. The first-order valence-electron chi connectivity index (χ1n) is 6.88. The summed E-state index contributed by atoms with van der Waals surface area (Å²) in [6, 6.07) is 3.66. The smallest absolute Gasteiger partial charge is 0.252 e. The van der Waals surface area contributed by atoms with Gasteiger partial charge in [0.15, 0.2) is 0 Å². The maximum absolute atomic E-state index is 11.8. The molecule has 104 valence electrons. The summed E-state index contributed by atoms with van der Waals surface area (Å²) in [4.78, 5) is 17.5. The van der Waals surface area contributed by atoms with Gasteiger partial charge in [-0.2, -0.15) is 0 Å². The number of aryl methyl sites for hydroxylation is 1. The maximum atomic E-state index is 11.8. The van der Waals surface area contributed by atoms with Crippen LogP contribution in [0.4, 0.5) is 0 Å². The Bertz CT molecular complexity index is 400. The van der Waals surface area contributed by atoms with E-state index in [0.29, 0.717) is 5.56 Å². The number of carbonyl (C=O) groups is 1. The van der Waals surface area contributed by atoms with E-state index in [0.717, 1.165) is 51.5 Å². The summed E-state index contributed by atoms with van der Waals surface area (Å²) in [5.41, 5.74) is 1.55. The van der Waals surface area contributed by atoms with Gasteiger partial charge in [0.25, 0.3) is 5.91 Å². The fourth-order valence-corrected chi connectivity index (χ4v) is 2.15. The third kappa shape index (κ3) is 4.61. The van der Waals surface area contributed by atoms with E-state index in [1.807, 2.05) is 19.1 Å². The van der Waals surface area contributed by atoms with Gasteiger partial charge >= 0.3 is 0 Å². The lowest BCUT2D eigenvalue weighted by atomic mass is 10.2. The second kappa shape index (κ2) is 7.21. The Hall–Kier alpha value is -1.46. The van der Waals surface area contributed by atoms with Crippen molar-refractivity contribution in [3.05, 3.63) is 29.6 Å². The second-order valence-corrected chi connectivity index (χ2v) is 4.91. The highest BCUT2D eigenvalue weighted by Gasteiger charge is 2.13. The Balaban J connectivity index is 1.64. The van der Waals surface area contributed by atoms with Gasteiger partial charge in [-0.3, -0.25) is 9.78 Å². The molecule has 1 saturated heterocycles. The fourth-order valence-electron chi connectivity index (χ4n) is 2.15. The van der Waals surface area contributed by atoms with Crippen molar-refractivity contribution in [2.45, 2.75) is 13.3 Å². The van der Waals surface area contributed by atoms with Gasteiger partial charge in [-0.05, 0) is 19.1 Å². The average Bonchev–Trinajstić information content (AvgIpc) is 2.45. The van der Waals surface area contributed by atoms with Crippen molar-refractivity contribution in [3.8, 4) is 0 Å².